The maximum atomic E-state index is 12.6. The van der Waals surface area contributed by atoms with Crippen LogP contribution >= 0.6 is 15.9 Å². The zero-order valence-corrected chi connectivity index (χ0v) is 18.5. The van der Waals surface area contributed by atoms with Crippen molar-refractivity contribution >= 4 is 33.8 Å². The first kappa shape index (κ1) is 20.4. The number of phenols is 1. The van der Waals surface area contributed by atoms with Crippen LogP contribution in [0.5, 0.6) is 5.75 Å². The van der Waals surface area contributed by atoms with Crippen molar-refractivity contribution in [3.8, 4) is 5.75 Å². The molecule has 29 heavy (non-hydrogen) atoms. The van der Waals surface area contributed by atoms with E-state index in [4.69, 9.17) is 4.74 Å². The second-order valence-electron chi connectivity index (χ2n) is 8.47. The van der Waals surface area contributed by atoms with Gasteiger partial charge in [0.05, 0.1) is 24.5 Å². The first-order valence-electron chi connectivity index (χ1n) is 10.1. The third-order valence-corrected chi connectivity index (χ3v) is 7.06. The van der Waals surface area contributed by atoms with Crippen LogP contribution in [0.4, 0.5) is 0 Å². The molecule has 0 radical (unpaired) electrons. The third kappa shape index (κ3) is 3.57. The number of hydrogen-bond acceptors (Lipinski definition) is 4. The summed E-state index contributed by atoms with van der Waals surface area (Å²) < 4.78 is 7.04. The maximum Gasteiger partial charge on any atom is 0.233 e. The normalized spacial score (nSPS) is 29.5. The number of halogens is 1. The molecule has 2 amide bonds. The molecule has 0 bridgehead atoms. The van der Waals surface area contributed by atoms with Crippen LogP contribution in [0.25, 0.3) is 6.08 Å². The molecule has 0 aromatic heterocycles. The van der Waals surface area contributed by atoms with Crippen LogP contribution < -0.4 is 0 Å². The number of aromatic hydroxyl groups is 1. The molecule has 5 nitrogen and oxygen atoms in total. The Morgan fingerprint density at radius 3 is 2.83 bits per heavy atom. The summed E-state index contributed by atoms with van der Waals surface area (Å²) in [7, 11) is 1.59. The molecule has 2 aliphatic heterocycles. The average Bonchev–Trinajstić information content (AvgIpc) is 3.19. The van der Waals surface area contributed by atoms with Gasteiger partial charge in [-0.05, 0) is 56.9 Å². The van der Waals surface area contributed by atoms with Gasteiger partial charge in [0, 0.05) is 23.0 Å². The summed E-state index contributed by atoms with van der Waals surface area (Å²) in [5.74, 6) is -0.292. The lowest BCUT2D eigenvalue weighted by Gasteiger charge is -2.30. The highest BCUT2D eigenvalue weighted by Gasteiger charge is 2.55. The van der Waals surface area contributed by atoms with Crippen molar-refractivity contribution in [3.63, 3.8) is 0 Å². The fourth-order valence-corrected chi connectivity index (χ4v) is 5.50. The summed E-state index contributed by atoms with van der Waals surface area (Å²) in [6.07, 6.45) is 4.32. The Hall–Kier alpha value is -1.92. The second-order valence-corrected chi connectivity index (χ2v) is 9.38. The number of carbonyl (C=O) groups is 2. The number of nitrogens with zero attached hydrogens (tertiary/aromatic N) is 1. The van der Waals surface area contributed by atoms with Crippen molar-refractivity contribution in [2.75, 3.05) is 13.7 Å². The Bertz CT molecular complexity index is 935. The zero-order valence-electron chi connectivity index (χ0n) is 16.9. The molecule has 154 valence electrons. The largest absolute Gasteiger partial charge is 0.507 e. The topological polar surface area (TPSA) is 66.8 Å². The Morgan fingerprint density at radius 2 is 2.07 bits per heavy atom. The monoisotopic (exact) mass is 459 g/mol. The van der Waals surface area contributed by atoms with Crippen LogP contribution in [-0.2, 0) is 14.3 Å². The van der Waals surface area contributed by atoms with E-state index in [1.807, 2.05) is 18.2 Å². The van der Waals surface area contributed by atoms with E-state index >= 15 is 0 Å². The number of likely N-dealkylation sites (tertiary alicyclic amines) is 1. The molecule has 1 aromatic rings. The lowest BCUT2D eigenvalue weighted by Crippen LogP contribution is -2.33. The Kier molecular flexibility index (Phi) is 5.42. The van der Waals surface area contributed by atoms with E-state index in [1.54, 1.807) is 13.1 Å². The summed E-state index contributed by atoms with van der Waals surface area (Å²) in [6.45, 7) is 4.65. The number of benzene rings is 1. The summed E-state index contributed by atoms with van der Waals surface area (Å²) in [5.41, 5.74) is 4.39. The number of phenolic OH excluding ortho intramolecular Hbond substituents is 1. The molecule has 3 aliphatic rings. The van der Waals surface area contributed by atoms with Crippen molar-refractivity contribution in [3.05, 3.63) is 45.0 Å². The number of fused-ring (bicyclic) bond motifs is 3. The standard InChI is InChI=1S/C23H26BrNO4/c1-12(8-14-10-15(24)5-6-18(14)26)4-7-19-20-13(2)9-16-21(17(20)11-29-19)23(28)25(3)22(16)27/h5-6,8,10,16-17,19,21,26H,4,7,9,11H2,1-3H3/b12-8+/t16-,17+,19-,21-/m1/s1. The van der Waals surface area contributed by atoms with Gasteiger partial charge < -0.3 is 9.84 Å². The molecule has 2 heterocycles. The fourth-order valence-electron chi connectivity index (χ4n) is 5.12. The van der Waals surface area contributed by atoms with Gasteiger partial charge in [0.15, 0.2) is 0 Å². The van der Waals surface area contributed by atoms with E-state index in [0.29, 0.717) is 13.0 Å². The Balaban J connectivity index is 1.49. The van der Waals surface area contributed by atoms with E-state index in [9.17, 15) is 14.7 Å². The SMILES string of the molecule is CC1=C2[C@@H](CC/C(C)=C/c3cc(Br)ccc3O)OC[C@@H]2[C@@H]2C(=O)N(C)C(=O)[C@@H]2C1. The smallest absolute Gasteiger partial charge is 0.233 e. The molecule has 4 atom stereocenters. The maximum absolute atomic E-state index is 12.6. The van der Waals surface area contributed by atoms with Gasteiger partial charge in [-0.1, -0.05) is 33.2 Å². The van der Waals surface area contributed by atoms with Crippen molar-refractivity contribution in [1.82, 2.24) is 4.90 Å². The van der Waals surface area contributed by atoms with Gasteiger partial charge in [0.2, 0.25) is 11.8 Å². The molecule has 2 fully saturated rings. The van der Waals surface area contributed by atoms with E-state index < -0.39 is 0 Å². The van der Waals surface area contributed by atoms with Crippen molar-refractivity contribution in [2.45, 2.75) is 39.2 Å². The number of allylic oxidation sites excluding steroid dienone is 2. The van der Waals surface area contributed by atoms with E-state index in [2.05, 4.69) is 29.8 Å². The first-order chi connectivity index (χ1) is 13.8. The summed E-state index contributed by atoms with van der Waals surface area (Å²) in [4.78, 5) is 26.3. The molecule has 1 aromatic carbocycles. The lowest BCUT2D eigenvalue weighted by molar-refractivity contribution is -0.138. The molecule has 6 heteroatoms. The molecule has 1 N–H and O–H groups in total. The Labute approximate surface area is 179 Å². The van der Waals surface area contributed by atoms with Crippen molar-refractivity contribution in [1.29, 1.82) is 0 Å². The Morgan fingerprint density at radius 1 is 1.31 bits per heavy atom. The van der Waals surface area contributed by atoms with Gasteiger partial charge in [-0.15, -0.1) is 0 Å². The van der Waals surface area contributed by atoms with Crippen LogP contribution in [-0.4, -0.2) is 41.6 Å². The van der Waals surface area contributed by atoms with Gasteiger partial charge >= 0.3 is 0 Å². The number of carbonyl (C=O) groups excluding carboxylic acids is 2. The third-order valence-electron chi connectivity index (χ3n) is 6.57. The van der Waals surface area contributed by atoms with Gasteiger partial charge in [-0.3, -0.25) is 14.5 Å². The van der Waals surface area contributed by atoms with E-state index in [1.165, 1.54) is 16.0 Å². The summed E-state index contributed by atoms with van der Waals surface area (Å²) >= 11 is 3.44. The van der Waals surface area contributed by atoms with Crippen LogP contribution in [0.2, 0.25) is 0 Å². The number of imide groups is 1. The van der Waals surface area contributed by atoms with Crippen LogP contribution in [0.3, 0.4) is 0 Å². The van der Waals surface area contributed by atoms with E-state index in [0.717, 1.165) is 28.5 Å². The van der Waals surface area contributed by atoms with Gasteiger partial charge in [0.1, 0.15) is 5.75 Å². The number of rotatable bonds is 4. The highest BCUT2D eigenvalue weighted by Crippen LogP contribution is 2.49. The van der Waals surface area contributed by atoms with Crippen LogP contribution in [0, 0.1) is 17.8 Å². The molecule has 0 spiro atoms. The number of ether oxygens (including phenoxy) is 1. The second kappa shape index (κ2) is 7.73. The van der Waals surface area contributed by atoms with Gasteiger partial charge in [-0.25, -0.2) is 0 Å². The number of hydrogen-bond donors (Lipinski definition) is 1. The number of amides is 2. The molecular weight excluding hydrogens is 434 g/mol. The predicted octanol–water partition coefficient (Wildman–Crippen LogP) is 4.30. The predicted molar refractivity (Wildman–Crippen MR) is 114 cm³/mol. The van der Waals surface area contributed by atoms with Crippen molar-refractivity contribution in [2.24, 2.45) is 17.8 Å². The first-order valence-corrected chi connectivity index (χ1v) is 10.9. The van der Waals surface area contributed by atoms with Gasteiger partial charge in [0.25, 0.3) is 0 Å². The van der Waals surface area contributed by atoms with Crippen LogP contribution in [0.1, 0.15) is 38.7 Å². The highest BCUT2D eigenvalue weighted by molar-refractivity contribution is 9.10. The highest BCUT2D eigenvalue weighted by atomic mass is 79.9. The summed E-state index contributed by atoms with van der Waals surface area (Å²) in [5, 5.41) is 10.0. The molecule has 4 rings (SSSR count). The minimum absolute atomic E-state index is 0.00536. The molecule has 2 saturated heterocycles. The minimum Gasteiger partial charge on any atom is -0.507 e. The van der Waals surface area contributed by atoms with Crippen molar-refractivity contribution < 1.29 is 19.4 Å². The molecule has 0 saturated carbocycles. The molecule has 0 unspecified atom stereocenters. The lowest BCUT2D eigenvalue weighted by atomic mass is 9.70. The minimum atomic E-state index is -0.258. The fraction of sp³-hybridized carbons (Fsp3) is 0.478. The molecule has 1 aliphatic carbocycles. The summed E-state index contributed by atoms with van der Waals surface area (Å²) in [6, 6.07) is 5.39. The average molecular weight is 460 g/mol. The van der Waals surface area contributed by atoms with Gasteiger partial charge in [-0.2, -0.15) is 0 Å². The molecular formula is C23H26BrNO4. The zero-order chi connectivity index (χ0) is 20.9. The quantitative estimate of drug-likeness (QED) is 0.538. The van der Waals surface area contributed by atoms with E-state index in [-0.39, 0.29) is 41.4 Å². The van der Waals surface area contributed by atoms with Crippen LogP contribution in [0.15, 0.2) is 39.4 Å².